The molecule has 0 fully saturated rings. The molecule has 4 rings (SSSR count). The number of ketones is 2. The molecular weight excluding hydrogens is 584 g/mol. The molecule has 0 aliphatic rings. The van der Waals surface area contributed by atoms with Gasteiger partial charge < -0.3 is 10.1 Å². The van der Waals surface area contributed by atoms with Crippen molar-refractivity contribution in [2.75, 3.05) is 5.32 Å². The molecule has 0 spiro atoms. The smallest absolute Gasteiger partial charge is 0.224 e. The largest absolute Gasteiger partial charge is 0.489 e. The van der Waals surface area contributed by atoms with Crippen LogP contribution in [0.4, 0.5) is 5.69 Å². The minimum Gasteiger partial charge on any atom is -0.489 e. The summed E-state index contributed by atoms with van der Waals surface area (Å²) in [5.74, 6) is 1.40. The van der Waals surface area contributed by atoms with Crippen molar-refractivity contribution in [3.63, 3.8) is 0 Å². The van der Waals surface area contributed by atoms with Crippen LogP contribution in [-0.4, -0.2) is 22.5 Å². The summed E-state index contributed by atoms with van der Waals surface area (Å²) in [5, 5.41) is 4.04. The summed E-state index contributed by atoms with van der Waals surface area (Å²) in [6.07, 6.45) is 14.6. The Kier molecular flexibility index (Phi) is 17.6. The van der Waals surface area contributed by atoms with E-state index in [1.807, 2.05) is 92.0 Å². The molecule has 1 heterocycles. The van der Waals surface area contributed by atoms with E-state index in [4.69, 9.17) is 4.74 Å². The third-order valence-electron chi connectivity index (χ3n) is 7.98. The Hall–Kier alpha value is -4.32. The number of ether oxygens (including phenoxy) is 1. The minimum atomic E-state index is 0.0137. The lowest BCUT2D eigenvalue weighted by molar-refractivity contribution is -0.119. The zero-order valence-corrected chi connectivity index (χ0v) is 28.3. The number of benzene rings is 3. The molecule has 6 nitrogen and oxygen atoms in total. The van der Waals surface area contributed by atoms with Gasteiger partial charge in [0.2, 0.25) is 5.91 Å². The van der Waals surface area contributed by atoms with Crippen LogP contribution in [0, 0.1) is 0 Å². The second-order valence-electron chi connectivity index (χ2n) is 12.1. The van der Waals surface area contributed by atoms with Crippen molar-refractivity contribution in [2.24, 2.45) is 0 Å². The number of hydrogen-bond acceptors (Lipinski definition) is 5. The zero-order valence-electron chi connectivity index (χ0n) is 28.3. The molecule has 0 bridgehead atoms. The second kappa shape index (κ2) is 22.2. The van der Waals surface area contributed by atoms with Crippen molar-refractivity contribution in [1.29, 1.82) is 0 Å². The lowest BCUT2D eigenvalue weighted by Gasteiger charge is -2.09. The third kappa shape index (κ3) is 15.7. The number of amides is 1. The van der Waals surface area contributed by atoms with Gasteiger partial charge in [0.05, 0.1) is 5.52 Å². The van der Waals surface area contributed by atoms with E-state index in [2.05, 4.69) is 23.3 Å². The molecule has 0 saturated heterocycles. The van der Waals surface area contributed by atoms with E-state index in [1.165, 1.54) is 25.7 Å². The van der Waals surface area contributed by atoms with Crippen LogP contribution in [0.1, 0.15) is 108 Å². The summed E-state index contributed by atoms with van der Waals surface area (Å²) in [6.45, 7) is 4.60. The fourth-order valence-electron chi connectivity index (χ4n) is 5.22. The van der Waals surface area contributed by atoms with Gasteiger partial charge in [0, 0.05) is 55.4 Å². The maximum atomic E-state index is 12.1. The average molecular weight is 637 g/mol. The number of anilines is 1. The number of rotatable bonds is 20. The Morgan fingerprint density at radius 2 is 1.34 bits per heavy atom. The molecule has 3 aromatic carbocycles. The van der Waals surface area contributed by atoms with E-state index in [9.17, 15) is 14.4 Å². The molecule has 0 aliphatic carbocycles. The SMILES string of the molecule is CCC(=O)CCCCCCC(=O)Nc1cccc(OCc2ccccc2)c1.CCCCCCCC(=O)Cc1cnc2ccccc2c1. The van der Waals surface area contributed by atoms with E-state index >= 15 is 0 Å². The summed E-state index contributed by atoms with van der Waals surface area (Å²) in [4.78, 5) is 39.7. The van der Waals surface area contributed by atoms with Crippen molar-refractivity contribution >= 4 is 34.1 Å². The zero-order chi connectivity index (χ0) is 33.5. The maximum absolute atomic E-state index is 12.1. The minimum absolute atomic E-state index is 0.0137. The number of nitrogens with one attached hydrogen (secondary N) is 1. The number of aromatic nitrogens is 1. The maximum Gasteiger partial charge on any atom is 0.224 e. The van der Waals surface area contributed by atoms with Crippen molar-refractivity contribution < 1.29 is 19.1 Å². The van der Waals surface area contributed by atoms with Crippen molar-refractivity contribution in [1.82, 2.24) is 4.98 Å². The molecule has 0 aliphatic heterocycles. The van der Waals surface area contributed by atoms with Gasteiger partial charge in [-0.15, -0.1) is 0 Å². The van der Waals surface area contributed by atoms with Gasteiger partial charge in [0.15, 0.2) is 0 Å². The number of carbonyl (C=O) groups excluding carboxylic acids is 3. The normalized spacial score (nSPS) is 10.6. The van der Waals surface area contributed by atoms with Crippen LogP contribution >= 0.6 is 0 Å². The highest BCUT2D eigenvalue weighted by Crippen LogP contribution is 2.19. The van der Waals surface area contributed by atoms with Crippen LogP contribution in [0.5, 0.6) is 5.75 Å². The van der Waals surface area contributed by atoms with Gasteiger partial charge in [0.25, 0.3) is 0 Å². The molecule has 6 heteroatoms. The van der Waals surface area contributed by atoms with Crippen LogP contribution in [0.2, 0.25) is 0 Å². The Bertz CT molecular complexity index is 1500. The summed E-state index contributed by atoms with van der Waals surface area (Å²) in [7, 11) is 0. The first-order valence-corrected chi connectivity index (χ1v) is 17.4. The predicted octanol–water partition coefficient (Wildman–Crippen LogP) is 10.2. The number of nitrogens with zero attached hydrogens (tertiary/aromatic N) is 1. The number of unbranched alkanes of at least 4 members (excludes halogenated alkanes) is 7. The van der Waals surface area contributed by atoms with Crippen molar-refractivity contribution in [3.05, 3.63) is 102 Å². The van der Waals surface area contributed by atoms with Crippen LogP contribution < -0.4 is 10.1 Å². The quantitative estimate of drug-likeness (QED) is 0.0976. The summed E-state index contributed by atoms with van der Waals surface area (Å²) in [6, 6.07) is 27.6. The summed E-state index contributed by atoms with van der Waals surface area (Å²) in [5.41, 5.74) is 3.87. The van der Waals surface area contributed by atoms with E-state index in [0.717, 1.165) is 65.6 Å². The molecule has 0 unspecified atom stereocenters. The molecule has 4 aromatic rings. The monoisotopic (exact) mass is 636 g/mol. The first-order chi connectivity index (χ1) is 23.0. The third-order valence-corrected chi connectivity index (χ3v) is 7.98. The summed E-state index contributed by atoms with van der Waals surface area (Å²) < 4.78 is 5.79. The highest BCUT2D eigenvalue weighted by molar-refractivity contribution is 5.90. The molecule has 0 saturated carbocycles. The lowest BCUT2D eigenvalue weighted by Crippen LogP contribution is -2.11. The topological polar surface area (TPSA) is 85.4 Å². The number of Topliss-reactive ketones (excluding diaryl/α,β-unsaturated/α-hetero) is 2. The molecule has 250 valence electrons. The van der Waals surface area contributed by atoms with E-state index in [0.29, 0.717) is 50.3 Å². The van der Waals surface area contributed by atoms with Crippen LogP contribution in [0.25, 0.3) is 10.9 Å². The van der Waals surface area contributed by atoms with Gasteiger partial charge in [0.1, 0.15) is 23.9 Å². The van der Waals surface area contributed by atoms with E-state index in [-0.39, 0.29) is 5.91 Å². The highest BCUT2D eigenvalue weighted by atomic mass is 16.5. The van der Waals surface area contributed by atoms with E-state index in [1.54, 1.807) is 0 Å². The Balaban J connectivity index is 0.000000267. The number of pyridine rings is 1. The molecule has 1 N–H and O–H groups in total. The Labute approximate surface area is 281 Å². The molecule has 0 radical (unpaired) electrons. The predicted molar refractivity (Wildman–Crippen MR) is 193 cm³/mol. The van der Waals surface area contributed by atoms with Gasteiger partial charge >= 0.3 is 0 Å². The molecule has 47 heavy (non-hydrogen) atoms. The second-order valence-corrected chi connectivity index (χ2v) is 12.1. The summed E-state index contributed by atoms with van der Waals surface area (Å²) >= 11 is 0. The van der Waals surface area contributed by atoms with Gasteiger partial charge in [-0.25, -0.2) is 0 Å². The number of carbonyl (C=O) groups is 3. The van der Waals surface area contributed by atoms with Gasteiger partial charge in [-0.2, -0.15) is 0 Å². The van der Waals surface area contributed by atoms with Crippen LogP contribution in [0.3, 0.4) is 0 Å². The average Bonchev–Trinajstić information content (AvgIpc) is 3.09. The molecule has 1 amide bonds. The van der Waals surface area contributed by atoms with Gasteiger partial charge in [-0.1, -0.05) is 107 Å². The number of hydrogen-bond donors (Lipinski definition) is 1. The standard InChI is InChI=1S/C23H29NO3.C18H23NO/c1-2-21(25)14-8-3-4-9-16-23(26)24-20-13-10-15-22(17-20)27-18-19-11-6-5-7-12-19;1-2-3-4-5-6-10-17(20)13-15-12-16-9-7-8-11-18(16)19-14-15/h5-7,10-13,15,17H,2-4,8-9,14,16,18H2,1H3,(H,24,26);7-9,11-12,14H,2-6,10,13H2,1H3. The van der Waals surface area contributed by atoms with Gasteiger partial charge in [-0.3, -0.25) is 19.4 Å². The molecule has 0 atom stereocenters. The fraction of sp³-hybridized carbons (Fsp3) is 0.415. The lowest BCUT2D eigenvalue weighted by atomic mass is 10.0. The van der Waals surface area contributed by atoms with Gasteiger partial charge in [-0.05, 0) is 54.7 Å². The van der Waals surface area contributed by atoms with Crippen molar-refractivity contribution in [2.45, 2.75) is 110 Å². The van der Waals surface area contributed by atoms with Crippen LogP contribution in [0.15, 0.2) is 91.1 Å². The van der Waals surface area contributed by atoms with Crippen molar-refractivity contribution in [3.8, 4) is 5.75 Å². The fourth-order valence-corrected chi connectivity index (χ4v) is 5.22. The molecule has 1 aromatic heterocycles. The number of para-hydroxylation sites is 1. The Morgan fingerprint density at radius 1 is 0.660 bits per heavy atom. The Morgan fingerprint density at radius 3 is 2.09 bits per heavy atom. The first kappa shape index (κ1) is 37.1. The molecular formula is C41H52N2O4. The van der Waals surface area contributed by atoms with E-state index < -0.39 is 0 Å². The number of fused-ring (bicyclic) bond motifs is 1. The highest BCUT2D eigenvalue weighted by Gasteiger charge is 2.06. The van der Waals surface area contributed by atoms with Crippen LogP contribution in [-0.2, 0) is 27.4 Å². The first-order valence-electron chi connectivity index (χ1n) is 17.4.